The first-order valence-electron chi connectivity index (χ1n) is 12.2. The Balaban J connectivity index is 1.15. The Hall–Kier alpha value is -3.98. The summed E-state index contributed by atoms with van der Waals surface area (Å²) in [5.74, 6) is 0.867. The summed E-state index contributed by atoms with van der Waals surface area (Å²) in [7, 11) is 1.70. The minimum atomic E-state index is -0.486. The van der Waals surface area contributed by atoms with Gasteiger partial charge in [0.15, 0.2) is 0 Å². The molecule has 0 spiro atoms. The lowest BCUT2D eigenvalue weighted by molar-refractivity contribution is -0.384. The van der Waals surface area contributed by atoms with Crippen molar-refractivity contribution in [3.8, 4) is 5.75 Å². The Morgan fingerprint density at radius 2 is 1.72 bits per heavy atom. The van der Waals surface area contributed by atoms with Crippen LogP contribution in [0, 0.1) is 10.1 Å². The van der Waals surface area contributed by atoms with E-state index in [1.165, 1.54) is 33.3 Å². The van der Waals surface area contributed by atoms with E-state index >= 15 is 0 Å². The van der Waals surface area contributed by atoms with E-state index in [1.807, 2.05) is 6.07 Å². The number of piperazine rings is 1. The van der Waals surface area contributed by atoms with Gasteiger partial charge in [-0.25, -0.2) is 4.68 Å². The summed E-state index contributed by atoms with van der Waals surface area (Å²) >= 11 is 0. The first-order valence-corrected chi connectivity index (χ1v) is 12.2. The van der Waals surface area contributed by atoms with Gasteiger partial charge in [0, 0.05) is 61.3 Å². The molecule has 0 aliphatic carbocycles. The standard InChI is InChI=1S/C27H29N5O4/c1-36-23-10-8-20-5-4-6-26(24(20)18-23)30-15-13-29(14-16-30)11-2-3-12-31-27(33)25-17-22(32(34)35)9-7-21(25)19-28-31/h4-10,17-19H,2-3,11-16H2,1H3. The number of aromatic nitrogens is 2. The molecule has 9 nitrogen and oxygen atoms in total. The van der Waals surface area contributed by atoms with Gasteiger partial charge in [0.2, 0.25) is 0 Å². The second-order valence-corrected chi connectivity index (χ2v) is 9.10. The van der Waals surface area contributed by atoms with Crippen molar-refractivity contribution in [1.82, 2.24) is 14.7 Å². The van der Waals surface area contributed by atoms with Gasteiger partial charge in [0.1, 0.15) is 5.75 Å². The van der Waals surface area contributed by atoms with Gasteiger partial charge in [-0.15, -0.1) is 0 Å². The summed E-state index contributed by atoms with van der Waals surface area (Å²) in [6.45, 7) is 5.35. The normalized spacial score (nSPS) is 14.4. The highest BCUT2D eigenvalue weighted by Gasteiger charge is 2.19. The molecule has 1 aliphatic rings. The molecule has 1 fully saturated rings. The number of nitro benzene ring substituents is 1. The van der Waals surface area contributed by atoms with Crippen molar-refractivity contribution in [3.05, 3.63) is 81.3 Å². The number of nitro groups is 1. The second kappa shape index (κ2) is 10.3. The van der Waals surface area contributed by atoms with E-state index in [0.717, 1.165) is 51.3 Å². The van der Waals surface area contributed by atoms with E-state index in [2.05, 4.69) is 45.2 Å². The van der Waals surface area contributed by atoms with E-state index in [-0.39, 0.29) is 11.2 Å². The maximum atomic E-state index is 12.8. The molecule has 4 aromatic rings. The molecule has 0 atom stereocenters. The van der Waals surface area contributed by atoms with E-state index in [4.69, 9.17) is 4.74 Å². The topological polar surface area (TPSA) is 93.7 Å². The summed E-state index contributed by atoms with van der Waals surface area (Å²) in [5.41, 5.74) is 0.878. The number of benzene rings is 3. The zero-order chi connectivity index (χ0) is 25.1. The Labute approximate surface area is 208 Å². The number of rotatable bonds is 8. The number of non-ortho nitro benzene ring substituents is 1. The van der Waals surface area contributed by atoms with Gasteiger partial charge in [-0.2, -0.15) is 5.10 Å². The highest BCUT2D eigenvalue weighted by atomic mass is 16.6. The zero-order valence-electron chi connectivity index (χ0n) is 20.3. The molecular formula is C27H29N5O4. The van der Waals surface area contributed by atoms with E-state index in [0.29, 0.717) is 17.3 Å². The molecule has 0 N–H and O–H groups in total. The monoisotopic (exact) mass is 487 g/mol. The van der Waals surface area contributed by atoms with Crippen LogP contribution in [0.1, 0.15) is 12.8 Å². The lowest BCUT2D eigenvalue weighted by Crippen LogP contribution is -2.46. The number of hydrogen-bond acceptors (Lipinski definition) is 7. The molecule has 2 heterocycles. The van der Waals surface area contributed by atoms with Crippen molar-refractivity contribution >= 4 is 32.9 Å². The van der Waals surface area contributed by atoms with E-state index in [1.54, 1.807) is 19.4 Å². The van der Waals surface area contributed by atoms with Crippen LogP contribution < -0.4 is 15.2 Å². The summed E-state index contributed by atoms with van der Waals surface area (Å²) < 4.78 is 6.85. The smallest absolute Gasteiger partial charge is 0.274 e. The summed E-state index contributed by atoms with van der Waals surface area (Å²) in [4.78, 5) is 28.2. The van der Waals surface area contributed by atoms with Crippen LogP contribution in [0.2, 0.25) is 0 Å². The molecule has 0 radical (unpaired) electrons. The van der Waals surface area contributed by atoms with E-state index < -0.39 is 4.92 Å². The number of ether oxygens (including phenoxy) is 1. The number of nitrogens with zero attached hydrogens (tertiary/aromatic N) is 5. The Morgan fingerprint density at radius 1 is 0.944 bits per heavy atom. The molecule has 1 aromatic heterocycles. The van der Waals surface area contributed by atoms with Gasteiger partial charge < -0.3 is 9.64 Å². The van der Waals surface area contributed by atoms with Gasteiger partial charge in [-0.05, 0) is 49.0 Å². The summed E-state index contributed by atoms with van der Waals surface area (Å²) in [6.07, 6.45) is 3.37. The number of fused-ring (bicyclic) bond motifs is 2. The molecule has 1 aliphatic heterocycles. The van der Waals surface area contributed by atoms with Crippen molar-refractivity contribution in [2.75, 3.05) is 44.7 Å². The second-order valence-electron chi connectivity index (χ2n) is 9.10. The average Bonchev–Trinajstić information content (AvgIpc) is 2.91. The van der Waals surface area contributed by atoms with Gasteiger partial charge in [0.05, 0.1) is 23.6 Å². The zero-order valence-corrected chi connectivity index (χ0v) is 20.3. The lowest BCUT2D eigenvalue weighted by atomic mass is 10.1. The first kappa shape index (κ1) is 23.7. The predicted octanol–water partition coefficient (Wildman–Crippen LogP) is 4.07. The predicted molar refractivity (Wildman–Crippen MR) is 141 cm³/mol. The largest absolute Gasteiger partial charge is 0.497 e. The quantitative estimate of drug-likeness (QED) is 0.210. The number of unbranched alkanes of at least 4 members (excludes halogenated alkanes) is 1. The van der Waals surface area contributed by atoms with Crippen LogP contribution in [0.15, 0.2) is 65.6 Å². The third-order valence-electron chi connectivity index (χ3n) is 6.92. The molecule has 0 amide bonds. The number of aryl methyl sites for hydroxylation is 1. The van der Waals surface area contributed by atoms with Gasteiger partial charge in [-0.1, -0.05) is 18.2 Å². The highest BCUT2D eigenvalue weighted by molar-refractivity contribution is 5.95. The number of methoxy groups -OCH3 is 1. The number of anilines is 1. The van der Waals surface area contributed by atoms with Crippen molar-refractivity contribution in [2.45, 2.75) is 19.4 Å². The van der Waals surface area contributed by atoms with Crippen LogP contribution in [-0.4, -0.2) is 59.4 Å². The number of hydrogen-bond donors (Lipinski definition) is 0. The first-order chi connectivity index (χ1) is 17.5. The van der Waals surface area contributed by atoms with Gasteiger partial charge in [-0.3, -0.25) is 19.8 Å². The van der Waals surface area contributed by atoms with Crippen molar-refractivity contribution < 1.29 is 9.66 Å². The van der Waals surface area contributed by atoms with Crippen LogP contribution in [0.25, 0.3) is 21.5 Å². The van der Waals surface area contributed by atoms with Crippen LogP contribution in [0.3, 0.4) is 0 Å². The minimum Gasteiger partial charge on any atom is -0.497 e. The maximum Gasteiger partial charge on any atom is 0.274 e. The highest BCUT2D eigenvalue weighted by Crippen LogP contribution is 2.30. The fourth-order valence-corrected chi connectivity index (χ4v) is 4.89. The van der Waals surface area contributed by atoms with E-state index in [9.17, 15) is 14.9 Å². The molecule has 186 valence electrons. The van der Waals surface area contributed by atoms with Crippen LogP contribution in [0.5, 0.6) is 5.75 Å². The Bertz CT molecular complexity index is 1460. The average molecular weight is 488 g/mol. The summed E-state index contributed by atoms with van der Waals surface area (Å²) in [5, 5.41) is 18.7. The summed E-state index contributed by atoms with van der Waals surface area (Å²) in [6, 6.07) is 16.9. The molecule has 9 heteroatoms. The maximum absolute atomic E-state index is 12.8. The fraction of sp³-hybridized carbons (Fsp3) is 0.333. The Morgan fingerprint density at radius 3 is 2.50 bits per heavy atom. The van der Waals surface area contributed by atoms with Gasteiger partial charge >= 0.3 is 0 Å². The van der Waals surface area contributed by atoms with Crippen LogP contribution >= 0.6 is 0 Å². The lowest BCUT2D eigenvalue weighted by Gasteiger charge is -2.36. The van der Waals surface area contributed by atoms with Crippen molar-refractivity contribution in [2.24, 2.45) is 0 Å². The molecule has 36 heavy (non-hydrogen) atoms. The molecule has 0 saturated carbocycles. The van der Waals surface area contributed by atoms with Crippen LogP contribution in [0.4, 0.5) is 11.4 Å². The molecule has 1 saturated heterocycles. The van der Waals surface area contributed by atoms with Crippen LogP contribution in [-0.2, 0) is 6.54 Å². The molecule has 0 unspecified atom stereocenters. The minimum absolute atomic E-state index is 0.0841. The molecule has 3 aromatic carbocycles. The third-order valence-corrected chi connectivity index (χ3v) is 6.92. The molecule has 5 rings (SSSR count). The van der Waals surface area contributed by atoms with Crippen molar-refractivity contribution in [1.29, 1.82) is 0 Å². The SMILES string of the molecule is COc1ccc2cccc(N3CCN(CCCCn4ncc5ccc([N+](=O)[O-])cc5c4=O)CC3)c2c1. The molecular weight excluding hydrogens is 458 g/mol. The third kappa shape index (κ3) is 4.87. The Kier molecular flexibility index (Phi) is 6.81. The van der Waals surface area contributed by atoms with Crippen molar-refractivity contribution in [3.63, 3.8) is 0 Å². The molecule has 0 bridgehead atoms. The van der Waals surface area contributed by atoms with Gasteiger partial charge in [0.25, 0.3) is 11.2 Å². The fourth-order valence-electron chi connectivity index (χ4n) is 4.89.